The lowest BCUT2D eigenvalue weighted by molar-refractivity contribution is -0.116. The van der Waals surface area contributed by atoms with Crippen LogP contribution in [-0.2, 0) is 11.3 Å². The summed E-state index contributed by atoms with van der Waals surface area (Å²) < 4.78 is 7.34. The van der Waals surface area contributed by atoms with E-state index in [2.05, 4.69) is 25.9 Å². The second kappa shape index (κ2) is 5.19. The maximum Gasteiger partial charge on any atom is 0.164 e. The molecule has 104 valence electrons. The first-order valence-corrected chi connectivity index (χ1v) is 6.80. The summed E-state index contributed by atoms with van der Waals surface area (Å²) in [7, 11) is 1.65. The molecule has 2 rings (SSSR count). The van der Waals surface area contributed by atoms with Gasteiger partial charge in [0.1, 0.15) is 5.69 Å². The van der Waals surface area contributed by atoms with E-state index in [1.165, 1.54) is 0 Å². The highest BCUT2D eigenvalue weighted by Crippen LogP contribution is 2.40. The lowest BCUT2D eigenvalue weighted by Gasteiger charge is -2.29. The van der Waals surface area contributed by atoms with Gasteiger partial charge in [-0.3, -0.25) is 9.48 Å². The van der Waals surface area contributed by atoms with Crippen LogP contribution in [0.1, 0.15) is 45.7 Å². The van der Waals surface area contributed by atoms with E-state index < -0.39 is 0 Å². The molecule has 19 heavy (non-hydrogen) atoms. The largest absolute Gasteiger partial charge is 0.493 e. The van der Waals surface area contributed by atoms with Gasteiger partial charge in [0.15, 0.2) is 11.5 Å². The third-order valence-corrected chi connectivity index (χ3v) is 3.42. The topological polar surface area (TPSA) is 44.1 Å². The van der Waals surface area contributed by atoms with Gasteiger partial charge in [-0.2, -0.15) is 5.10 Å². The summed E-state index contributed by atoms with van der Waals surface area (Å²) in [5.74, 6) is 0.947. The quantitative estimate of drug-likeness (QED) is 0.837. The van der Waals surface area contributed by atoms with E-state index in [0.717, 1.165) is 36.4 Å². The summed E-state index contributed by atoms with van der Waals surface area (Å²) >= 11 is 0. The van der Waals surface area contributed by atoms with Gasteiger partial charge in [-0.05, 0) is 29.9 Å². The van der Waals surface area contributed by atoms with Crippen LogP contribution in [0, 0.1) is 5.41 Å². The molecule has 0 saturated carbocycles. The molecular formula is C15H22N2O2. The molecule has 1 heterocycles. The van der Waals surface area contributed by atoms with Gasteiger partial charge >= 0.3 is 0 Å². The van der Waals surface area contributed by atoms with Crippen molar-refractivity contribution in [2.75, 3.05) is 7.11 Å². The first-order valence-electron chi connectivity index (χ1n) is 6.80. The fourth-order valence-corrected chi connectivity index (χ4v) is 2.72. The molecule has 1 aromatic rings. The van der Waals surface area contributed by atoms with Crippen LogP contribution in [0.4, 0.5) is 0 Å². The van der Waals surface area contributed by atoms with Crippen molar-refractivity contribution in [1.82, 2.24) is 9.78 Å². The van der Waals surface area contributed by atoms with Crippen molar-refractivity contribution < 1.29 is 9.53 Å². The maximum atomic E-state index is 11.9. The van der Waals surface area contributed by atoms with Crippen molar-refractivity contribution in [3.8, 4) is 5.75 Å². The van der Waals surface area contributed by atoms with Gasteiger partial charge < -0.3 is 4.74 Å². The van der Waals surface area contributed by atoms with Gasteiger partial charge in [0, 0.05) is 13.0 Å². The molecule has 1 aromatic heterocycles. The molecule has 0 unspecified atom stereocenters. The predicted octanol–water partition coefficient (Wildman–Crippen LogP) is 3.07. The fourth-order valence-electron chi connectivity index (χ4n) is 2.72. The molecule has 0 bridgehead atoms. The highest BCUT2D eigenvalue weighted by Gasteiger charge is 2.30. The van der Waals surface area contributed by atoms with E-state index in [0.29, 0.717) is 6.42 Å². The molecule has 0 fully saturated rings. The molecule has 0 spiro atoms. The molecule has 0 atom stereocenters. The Bertz CT molecular complexity index is 512. The number of allylic oxidation sites excluding steroid dienone is 2. The number of aromatic nitrogens is 2. The van der Waals surface area contributed by atoms with Crippen molar-refractivity contribution in [2.24, 2.45) is 5.41 Å². The molecule has 1 aliphatic carbocycles. The average molecular weight is 262 g/mol. The van der Waals surface area contributed by atoms with E-state index >= 15 is 0 Å². The second-order valence-electron chi connectivity index (χ2n) is 5.94. The number of methoxy groups -OCH3 is 1. The summed E-state index contributed by atoms with van der Waals surface area (Å²) in [5, 5.41) is 4.36. The van der Waals surface area contributed by atoms with E-state index in [-0.39, 0.29) is 11.2 Å². The Morgan fingerprint density at radius 1 is 1.42 bits per heavy atom. The fraction of sp³-hybridized carbons (Fsp3) is 0.600. The van der Waals surface area contributed by atoms with Gasteiger partial charge in [0.25, 0.3) is 0 Å². The van der Waals surface area contributed by atoms with Crippen LogP contribution < -0.4 is 4.74 Å². The third-order valence-electron chi connectivity index (χ3n) is 3.42. The smallest absolute Gasteiger partial charge is 0.164 e. The monoisotopic (exact) mass is 262 g/mol. The summed E-state index contributed by atoms with van der Waals surface area (Å²) in [6.45, 7) is 7.21. The van der Waals surface area contributed by atoms with E-state index in [1.807, 2.05) is 4.68 Å². The highest BCUT2D eigenvalue weighted by molar-refractivity contribution is 5.99. The summed E-state index contributed by atoms with van der Waals surface area (Å²) in [4.78, 5) is 11.9. The number of nitrogens with zero attached hydrogens (tertiary/aromatic N) is 2. The minimum Gasteiger partial charge on any atom is -0.493 e. The van der Waals surface area contributed by atoms with Crippen LogP contribution in [0.3, 0.4) is 0 Å². The Kier molecular flexibility index (Phi) is 3.78. The van der Waals surface area contributed by atoms with Crippen LogP contribution >= 0.6 is 0 Å². The lowest BCUT2D eigenvalue weighted by atomic mass is 9.76. The van der Waals surface area contributed by atoms with Crippen LogP contribution in [-0.4, -0.2) is 22.7 Å². The van der Waals surface area contributed by atoms with E-state index in [4.69, 9.17) is 4.74 Å². The van der Waals surface area contributed by atoms with Crippen molar-refractivity contribution >= 4 is 11.4 Å². The van der Waals surface area contributed by atoms with Gasteiger partial charge in [-0.1, -0.05) is 20.8 Å². The number of ether oxygens (including phenoxy) is 1. The number of carbonyl (C=O) groups excluding carboxylic acids is 1. The molecule has 0 aliphatic heterocycles. The van der Waals surface area contributed by atoms with Crippen molar-refractivity contribution in [3.63, 3.8) is 0 Å². The van der Waals surface area contributed by atoms with Gasteiger partial charge in [0.2, 0.25) is 0 Å². The Morgan fingerprint density at radius 3 is 2.74 bits per heavy atom. The van der Waals surface area contributed by atoms with Gasteiger partial charge in [-0.15, -0.1) is 0 Å². The molecule has 0 N–H and O–H groups in total. The lowest BCUT2D eigenvalue weighted by Crippen LogP contribution is -2.22. The molecular weight excluding hydrogens is 240 g/mol. The van der Waals surface area contributed by atoms with Crippen LogP contribution in [0.15, 0.2) is 12.3 Å². The highest BCUT2D eigenvalue weighted by atomic mass is 16.5. The molecule has 4 nitrogen and oxygen atoms in total. The molecule has 0 saturated heterocycles. The Labute approximate surface area is 114 Å². The van der Waals surface area contributed by atoms with E-state index in [1.54, 1.807) is 19.4 Å². The predicted molar refractivity (Wildman–Crippen MR) is 75.1 cm³/mol. The second-order valence-corrected chi connectivity index (χ2v) is 5.94. The zero-order chi connectivity index (χ0) is 14.0. The third kappa shape index (κ3) is 2.88. The van der Waals surface area contributed by atoms with Crippen molar-refractivity contribution in [2.45, 2.75) is 46.6 Å². The van der Waals surface area contributed by atoms with E-state index in [9.17, 15) is 4.79 Å². The average Bonchev–Trinajstić information content (AvgIpc) is 2.69. The van der Waals surface area contributed by atoms with Gasteiger partial charge in [-0.25, -0.2) is 0 Å². The Balaban J connectivity index is 2.45. The number of hydrogen-bond acceptors (Lipinski definition) is 3. The minimum atomic E-state index is 0.00743. The molecule has 1 aliphatic rings. The number of hydrogen-bond donors (Lipinski definition) is 0. The van der Waals surface area contributed by atoms with Crippen molar-refractivity contribution in [3.05, 3.63) is 18.0 Å². The zero-order valence-corrected chi connectivity index (χ0v) is 12.2. The number of aryl methyl sites for hydroxylation is 1. The Morgan fingerprint density at radius 2 is 2.16 bits per heavy atom. The normalized spacial score (nSPS) is 18.3. The van der Waals surface area contributed by atoms with Gasteiger partial charge in [0.05, 0.1) is 13.3 Å². The number of carbonyl (C=O) groups is 1. The SMILES string of the molecule is CCCn1ncc(OC)c1C1=CC(=O)CC(C)(C)C1. The summed E-state index contributed by atoms with van der Waals surface area (Å²) in [6, 6.07) is 0. The molecule has 4 heteroatoms. The number of rotatable bonds is 4. The zero-order valence-electron chi connectivity index (χ0n) is 12.2. The molecule has 0 radical (unpaired) electrons. The maximum absolute atomic E-state index is 11.9. The first kappa shape index (κ1) is 13.8. The number of ketones is 1. The first-order chi connectivity index (χ1) is 8.96. The molecule has 0 aromatic carbocycles. The van der Waals surface area contributed by atoms with Crippen LogP contribution in [0.2, 0.25) is 0 Å². The van der Waals surface area contributed by atoms with Crippen LogP contribution in [0.25, 0.3) is 5.57 Å². The summed E-state index contributed by atoms with van der Waals surface area (Å²) in [5.41, 5.74) is 2.02. The Hall–Kier alpha value is -1.58. The van der Waals surface area contributed by atoms with Crippen molar-refractivity contribution in [1.29, 1.82) is 0 Å². The summed E-state index contributed by atoms with van der Waals surface area (Å²) in [6.07, 6.45) is 5.99. The standard InChI is InChI=1S/C15H22N2O2/c1-5-6-17-14(13(19-4)10-16-17)11-7-12(18)9-15(2,3)8-11/h7,10H,5-6,8-9H2,1-4H3. The molecule has 0 amide bonds. The minimum absolute atomic E-state index is 0.00743. The van der Waals surface area contributed by atoms with Crippen LogP contribution in [0.5, 0.6) is 5.75 Å².